The van der Waals surface area contributed by atoms with Crippen LogP contribution in [0.2, 0.25) is 0 Å². The monoisotopic (exact) mass is 226 g/mol. The lowest BCUT2D eigenvalue weighted by molar-refractivity contribution is 0.409. The Labute approximate surface area is 101 Å². The van der Waals surface area contributed by atoms with Crippen LogP contribution in [0.4, 0.5) is 0 Å². The van der Waals surface area contributed by atoms with E-state index >= 15 is 0 Å². The van der Waals surface area contributed by atoms with Gasteiger partial charge in [0.2, 0.25) is 0 Å². The van der Waals surface area contributed by atoms with E-state index in [4.69, 9.17) is 5.73 Å². The zero-order valence-electron chi connectivity index (χ0n) is 11.2. The summed E-state index contributed by atoms with van der Waals surface area (Å²) < 4.78 is 0. The molecule has 3 atom stereocenters. The summed E-state index contributed by atoms with van der Waals surface area (Å²) in [6, 6.07) is 0.810. The van der Waals surface area contributed by atoms with E-state index in [0.717, 1.165) is 24.4 Å². The number of nitrogens with two attached hydrogens (primary N) is 1. The van der Waals surface area contributed by atoms with E-state index in [-0.39, 0.29) is 0 Å². The Bertz CT molecular complexity index is 164. The van der Waals surface area contributed by atoms with E-state index in [1.54, 1.807) is 0 Å². The van der Waals surface area contributed by atoms with E-state index in [1.165, 1.54) is 51.5 Å². The van der Waals surface area contributed by atoms with Crippen LogP contribution >= 0.6 is 0 Å². The van der Waals surface area contributed by atoms with Gasteiger partial charge in [-0.25, -0.2) is 0 Å². The van der Waals surface area contributed by atoms with Gasteiger partial charge in [-0.2, -0.15) is 0 Å². The SMILES string of the molecule is CCC(CCN)CCCNC1CCC(C)C1. The van der Waals surface area contributed by atoms with Crippen molar-refractivity contribution in [2.75, 3.05) is 13.1 Å². The molecule has 0 saturated heterocycles. The normalized spacial score (nSPS) is 27.2. The molecule has 1 aliphatic rings. The summed E-state index contributed by atoms with van der Waals surface area (Å²) >= 11 is 0. The molecule has 1 rings (SSSR count). The lowest BCUT2D eigenvalue weighted by Gasteiger charge is -2.15. The number of hydrogen-bond donors (Lipinski definition) is 2. The van der Waals surface area contributed by atoms with E-state index in [1.807, 2.05) is 0 Å². The van der Waals surface area contributed by atoms with Crippen molar-refractivity contribution in [3.63, 3.8) is 0 Å². The van der Waals surface area contributed by atoms with E-state index in [2.05, 4.69) is 19.2 Å². The number of hydrogen-bond acceptors (Lipinski definition) is 2. The second kappa shape index (κ2) is 8.08. The first-order chi connectivity index (χ1) is 7.76. The standard InChI is InChI=1S/C14H30N2/c1-3-13(8-9-15)5-4-10-16-14-7-6-12(2)11-14/h12-14,16H,3-11,15H2,1-2H3. The van der Waals surface area contributed by atoms with Crippen molar-refractivity contribution in [1.29, 1.82) is 0 Å². The highest BCUT2D eigenvalue weighted by Crippen LogP contribution is 2.24. The molecule has 16 heavy (non-hydrogen) atoms. The maximum absolute atomic E-state index is 5.61. The van der Waals surface area contributed by atoms with Crippen molar-refractivity contribution >= 4 is 0 Å². The quantitative estimate of drug-likeness (QED) is 0.625. The Morgan fingerprint density at radius 2 is 2.12 bits per heavy atom. The van der Waals surface area contributed by atoms with Crippen LogP contribution in [0.25, 0.3) is 0 Å². The lowest BCUT2D eigenvalue weighted by Crippen LogP contribution is -2.27. The van der Waals surface area contributed by atoms with Crippen molar-refractivity contribution in [3.8, 4) is 0 Å². The number of nitrogens with one attached hydrogen (secondary N) is 1. The van der Waals surface area contributed by atoms with Gasteiger partial charge in [0.15, 0.2) is 0 Å². The van der Waals surface area contributed by atoms with Crippen LogP contribution < -0.4 is 11.1 Å². The molecule has 0 radical (unpaired) electrons. The summed E-state index contributed by atoms with van der Waals surface area (Å²) in [7, 11) is 0. The molecule has 2 nitrogen and oxygen atoms in total. The minimum Gasteiger partial charge on any atom is -0.330 e. The van der Waals surface area contributed by atoms with Crippen molar-refractivity contribution in [2.24, 2.45) is 17.6 Å². The van der Waals surface area contributed by atoms with Gasteiger partial charge in [0, 0.05) is 6.04 Å². The van der Waals surface area contributed by atoms with Gasteiger partial charge in [0.25, 0.3) is 0 Å². The third-order valence-corrected chi connectivity index (χ3v) is 4.07. The molecule has 2 heteroatoms. The van der Waals surface area contributed by atoms with Crippen molar-refractivity contribution in [3.05, 3.63) is 0 Å². The summed E-state index contributed by atoms with van der Waals surface area (Å²) in [5.74, 6) is 1.80. The fourth-order valence-corrected chi connectivity index (χ4v) is 2.88. The molecule has 0 spiro atoms. The van der Waals surface area contributed by atoms with Crippen LogP contribution in [0.5, 0.6) is 0 Å². The van der Waals surface area contributed by atoms with Gasteiger partial charge in [-0.3, -0.25) is 0 Å². The molecule has 3 unspecified atom stereocenters. The van der Waals surface area contributed by atoms with Gasteiger partial charge < -0.3 is 11.1 Å². The highest BCUT2D eigenvalue weighted by molar-refractivity contribution is 4.78. The Hall–Kier alpha value is -0.0800. The van der Waals surface area contributed by atoms with Crippen LogP contribution in [0.15, 0.2) is 0 Å². The Morgan fingerprint density at radius 1 is 1.31 bits per heavy atom. The maximum atomic E-state index is 5.61. The first-order valence-corrected chi connectivity index (χ1v) is 7.19. The molecule has 1 saturated carbocycles. The average molecular weight is 226 g/mol. The van der Waals surface area contributed by atoms with Gasteiger partial charge in [0.05, 0.1) is 0 Å². The van der Waals surface area contributed by atoms with Gasteiger partial charge in [-0.15, -0.1) is 0 Å². The fourth-order valence-electron chi connectivity index (χ4n) is 2.88. The van der Waals surface area contributed by atoms with Crippen molar-refractivity contribution in [2.45, 2.75) is 64.8 Å². The van der Waals surface area contributed by atoms with E-state index in [0.29, 0.717) is 0 Å². The van der Waals surface area contributed by atoms with Gasteiger partial charge in [0.1, 0.15) is 0 Å². The first kappa shape index (κ1) is 14.0. The molecule has 0 amide bonds. The Kier molecular flexibility index (Phi) is 7.06. The lowest BCUT2D eigenvalue weighted by atomic mass is 9.97. The van der Waals surface area contributed by atoms with Gasteiger partial charge in [-0.1, -0.05) is 20.3 Å². The molecule has 0 heterocycles. The number of rotatable bonds is 8. The first-order valence-electron chi connectivity index (χ1n) is 7.19. The minimum absolute atomic E-state index is 0.810. The maximum Gasteiger partial charge on any atom is 0.00696 e. The molecule has 0 aliphatic heterocycles. The van der Waals surface area contributed by atoms with Crippen LogP contribution in [0.3, 0.4) is 0 Å². The Balaban J connectivity index is 1.98. The van der Waals surface area contributed by atoms with Crippen molar-refractivity contribution < 1.29 is 0 Å². The molecule has 3 N–H and O–H groups in total. The summed E-state index contributed by atoms with van der Waals surface area (Å²) in [5.41, 5.74) is 5.61. The van der Waals surface area contributed by atoms with Crippen LogP contribution in [0.1, 0.15) is 58.8 Å². The summed E-state index contributed by atoms with van der Waals surface area (Å²) in [6.07, 6.45) is 9.37. The molecule has 96 valence electrons. The molecule has 0 aromatic carbocycles. The molecule has 0 aromatic heterocycles. The summed E-state index contributed by atoms with van der Waals surface area (Å²) in [5, 5.41) is 3.70. The summed E-state index contributed by atoms with van der Waals surface area (Å²) in [4.78, 5) is 0. The zero-order chi connectivity index (χ0) is 11.8. The zero-order valence-corrected chi connectivity index (χ0v) is 11.2. The van der Waals surface area contributed by atoms with Crippen LogP contribution in [-0.4, -0.2) is 19.1 Å². The van der Waals surface area contributed by atoms with Crippen molar-refractivity contribution in [1.82, 2.24) is 5.32 Å². The molecule has 0 bridgehead atoms. The predicted octanol–water partition coefficient (Wildman–Crippen LogP) is 2.92. The topological polar surface area (TPSA) is 38.0 Å². The summed E-state index contributed by atoms with van der Waals surface area (Å²) in [6.45, 7) is 6.72. The van der Waals surface area contributed by atoms with Crippen LogP contribution in [0, 0.1) is 11.8 Å². The Morgan fingerprint density at radius 3 is 2.69 bits per heavy atom. The molecule has 1 aliphatic carbocycles. The minimum atomic E-state index is 0.810. The van der Waals surface area contributed by atoms with E-state index in [9.17, 15) is 0 Å². The largest absolute Gasteiger partial charge is 0.330 e. The fraction of sp³-hybridized carbons (Fsp3) is 1.00. The second-order valence-electron chi connectivity index (χ2n) is 5.56. The average Bonchev–Trinajstić information content (AvgIpc) is 2.69. The molecular formula is C14H30N2. The molecule has 1 fully saturated rings. The van der Waals surface area contributed by atoms with E-state index < -0.39 is 0 Å². The molecular weight excluding hydrogens is 196 g/mol. The predicted molar refractivity (Wildman–Crippen MR) is 71.5 cm³/mol. The molecule has 0 aromatic rings. The third-order valence-electron chi connectivity index (χ3n) is 4.07. The second-order valence-corrected chi connectivity index (χ2v) is 5.56. The van der Waals surface area contributed by atoms with Crippen LogP contribution in [-0.2, 0) is 0 Å². The highest BCUT2D eigenvalue weighted by Gasteiger charge is 2.20. The smallest absolute Gasteiger partial charge is 0.00696 e. The highest BCUT2D eigenvalue weighted by atomic mass is 14.9. The van der Waals surface area contributed by atoms with Gasteiger partial charge in [-0.05, 0) is 63.5 Å². The van der Waals surface area contributed by atoms with Gasteiger partial charge >= 0.3 is 0 Å². The third kappa shape index (κ3) is 5.31.